The molecule has 9 heavy (non-hydrogen) atoms. The number of hydrogen-bond donors (Lipinski definition) is 0. The van der Waals surface area contributed by atoms with Gasteiger partial charge in [-0.3, -0.25) is 0 Å². The fourth-order valence-electron chi connectivity index (χ4n) is 0.415. The van der Waals surface area contributed by atoms with Gasteiger partial charge in [-0.05, 0) is 11.6 Å². The highest BCUT2D eigenvalue weighted by Crippen LogP contribution is 2.05. The summed E-state index contributed by atoms with van der Waals surface area (Å²) >= 11 is 5.30. The topological polar surface area (TPSA) is 48.2 Å². The van der Waals surface area contributed by atoms with Crippen LogP contribution in [-0.2, 0) is 11.3 Å². The summed E-state index contributed by atoms with van der Waals surface area (Å²) in [6, 6.07) is 0. The normalized spacial score (nSPS) is 10.0. The molecule has 0 spiro atoms. The number of ether oxygens (including phenoxy) is 1. The molecular weight excluding hydrogens is 144 g/mol. The lowest BCUT2D eigenvalue weighted by Crippen LogP contribution is -1.85. The van der Waals surface area contributed by atoms with E-state index in [2.05, 4.69) is 14.9 Å². The molecule has 0 fully saturated rings. The summed E-state index contributed by atoms with van der Waals surface area (Å²) in [5.74, 6) is 0.391. The summed E-state index contributed by atoms with van der Waals surface area (Å²) in [7, 11) is 1.54. The lowest BCUT2D eigenvalue weighted by Gasteiger charge is -1.86. The third kappa shape index (κ3) is 1.65. The van der Waals surface area contributed by atoms with E-state index in [1.807, 2.05) is 0 Å². The van der Waals surface area contributed by atoms with Crippen molar-refractivity contribution < 1.29 is 9.15 Å². The van der Waals surface area contributed by atoms with E-state index in [9.17, 15) is 0 Å². The Morgan fingerprint density at radius 1 is 1.67 bits per heavy atom. The van der Waals surface area contributed by atoms with Crippen molar-refractivity contribution in [2.24, 2.45) is 0 Å². The molecule has 0 saturated carbocycles. The molecule has 0 bridgehead atoms. The maximum atomic E-state index is 5.30. The highest BCUT2D eigenvalue weighted by atomic mass is 35.5. The SMILES string of the molecule is COCc1nnc(Cl)o1. The standard InChI is InChI=1S/C4H5ClN2O2/c1-8-2-3-6-7-4(5)9-3/h2H2,1H3. The Bertz CT molecular complexity index is 188. The molecule has 0 aliphatic carbocycles. The molecule has 0 radical (unpaired) electrons. The van der Waals surface area contributed by atoms with Gasteiger partial charge in [-0.1, -0.05) is 5.10 Å². The van der Waals surface area contributed by atoms with E-state index in [-0.39, 0.29) is 5.35 Å². The minimum Gasteiger partial charge on any atom is -0.410 e. The lowest BCUT2D eigenvalue weighted by molar-refractivity contribution is 0.159. The summed E-state index contributed by atoms with van der Waals surface area (Å²) in [4.78, 5) is 0. The molecule has 0 atom stereocenters. The van der Waals surface area contributed by atoms with Crippen molar-refractivity contribution >= 4 is 11.6 Å². The second kappa shape index (κ2) is 2.80. The number of aromatic nitrogens is 2. The first-order valence-corrected chi connectivity index (χ1v) is 2.67. The van der Waals surface area contributed by atoms with E-state index < -0.39 is 0 Å². The van der Waals surface area contributed by atoms with Crippen LogP contribution in [0, 0.1) is 0 Å². The third-order valence-electron chi connectivity index (χ3n) is 0.710. The Labute approximate surface area is 56.8 Å². The molecule has 1 aromatic heterocycles. The zero-order valence-electron chi connectivity index (χ0n) is 4.80. The summed E-state index contributed by atoms with van der Waals surface area (Å²) in [6.07, 6.45) is 0. The van der Waals surface area contributed by atoms with Gasteiger partial charge in [0, 0.05) is 7.11 Å². The Balaban J connectivity index is 2.61. The van der Waals surface area contributed by atoms with Gasteiger partial charge in [-0.15, -0.1) is 5.10 Å². The van der Waals surface area contributed by atoms with Crippen LogP contribution in [0.2, 0.25) is 5.35 Å². The molecule has 5 heteroatoms. The highest BCUT2D eigenvalue weighted by Gasteiger charge is 2.00. The molecule has 0 aliphatic rings. The van der Waals surface area contributed by atoms with E-state index in [1.54, 1.807) is 0 Å². The maximum absolute atomic E-state index is 5.30. The predicted molar refractivity (Wildman–Crippen MR) is 30.0 cm³/mol. The molecule has 50 valence electrons. The summed E-state index contributed by atoms with van der Waals surface area (Å²) in [5.41, 5.74) is 0. The van der Waals surface area contributed by atoms with E-state index in [1.165, 1.54) is 7.11 Å². The smallest absolute Gasteiger partial charge is 0.312 e. The minimum absolute atomic E-state index is 0.0436. The van der Waals surface area contributed by atoms with Gasteiger partial charge in [0.15, 0.2) is 0 Å². The lowest BCUT2D eigenvalue weighted by atomic mass is 10.7. The van der Waals surface area contributed by atoms with Crippen LogP contribution in [0.5, 0.6) is 0 Å². The van der Waals surface area contributed by atoms with Gasteiger partial charge in [-0.2, -0.15) is 0 Å². The van der Waals surface area contributed by atoms with Crippen molar-refractivity contribution in [2.75, 3.05) is 7.11 Å². The third-order valence-corrected chi connectivity index (χ3v) is 0.863. The molecule has 0 N–H and O–H groups in total. The summed E-state index contributed by atoms with van der Waals surface area (Å²) < 4.78 is 9.43. The van der Waals surface area contributed by atoms with Crippen LogP contribution < -0.4 is 0 Å². The zero-order valence-corrected chi connectivity index (χ0v) is 5.55. The largest absolute Gasteiger partial charge is 0.410 e. The average molecular weight is 149 g/mol. The Kier molecular flexibility index (Phi) is 2.02. The maximum Gasteiger partial charge on any atom is 0.312 e. The van der Waals surface area contributed by atoms with Crippen LogP contribution in [0.1, 0.15) is 5.89 Å². The number of rotatable bonds is 2. The zero-order chi connectivity index (χ0) is 6.69. The van der Waals surface area contributed by atoms with Gasteiger partial charge in [0.25, 0.3) is 0 Å². The van der Waals surface area contributed by atoms with Crippen molar-refractivity contribution in [1.82, 2.24) is 10.2 Å². The van der Waals surface area contributed by atoms with Gasteiger partial charge in [-0.25, -0.2) is 0 Å². The number of methoxy groups -OCH3 is 1. The first-order valence-electron chi connectivity index (χ1n) is 2.29. The van der Waals surface area contributed by atoms with Crippen molar-refractivity contribution in [3.63, 3.8) is 0 Å². The van der Waals surface area contributed by atoms with Crippen LogP contribution in [0.15, 0.2) is 4.42 Å². The Morgan fingerprint density at radius 2 is 2.44 bits per heavy atom. The molecule has 0 aliphatic heterocycles. The van der Waals surface area contributed by atoms with Gasteiger partial charge < -0.3 is 9.15 Å². The van der Waals surface area contributed by atoms with Crippen LogP contribution >= 0.6 is 11.6 Å². The first-order chi connectivity index (χ1) is 4.33. The number of nitrogens with zero attached hydrogens (tertiary/aromatic N) is 2. The molecule has 1 heterocycles. The van der Waals surface area contributed by atoms with Gasteiger partial charge in [0.05, 0.1) is 0 Å². The number of halogens is 1. The summed E-state index contributed by atoms with van der Waals surface area (Å²) in [5, 5.41) is 6.98. The van der Waals surface area contributed by atoms with Gasteiger partial charge in [0.1, 0.15) is 6.61 Å². The molecule has 0 amide bonds. The molecule has 1 aromatic rings. The van der Waals surface area contributed by atoms with Gasteiger partial charge in [0.2, 0.25) is 5.89 Å². The van der Waals surface area contributed by atoms with Crippen molar-refractivity contribution in [3.05, 3.63) is 11.2 Å². The monoisotopic (exact) mass is 148 g/mol. The molecule has 1 rings (SSSR count). The molecule has 0 aromatic carbocycles. The predicted octanol–water partition coefficient (Wildman–Crippen LogP) is 0.869. The van der Waals surface area contributed by atoms with Crippen LogP contribution in [0.4, 0.5) is 0 Å². The van der Waals surface area contributed by atoms with Crippen molar-refractivity contribution in [1.29, 1.82) is 0 Å². The van der Waals surface area contributed by atoms with E-state index >= 15 is 0 Å². The summed E-state index contributed by atoms with van der Waals surface area (Å²) in [6.45, 7) is 0.305. The van der Waals surface area contributed by atoms with Crippen LogP contribution in [0.3, 0.4) is 0 Å². The second-order valence-corrected chi connectivity index (χ2v) is 1.71. The fraction of sp³-hybridized carbons (Fsp3) is 0.500. The Hall–Kier alpha value is -0.610. The number of hydrogen-bond acceptors (Lipinski definition) is 4. The average Bonchev–Trinajstić information content (AvgIpc) is 2.17. The first kappa shape index (κ1) is 6.51. The molecular formula is C4H5ClN2O2. The minimum atomic E-state index is 0.0436. The molecule has 0 unspecified atom stereocenters. The van der Waals surface area contributed by atoms with Crippen molar-refractivity contribution in [2.45, 2.75) is 6.61 Å². The van der Waals surface area contributed by atoms with Crippen LogP contribution in [0.25, 0.3) is 0 Å². The van der Waals surface area contributed by atoms with E-state index in [4.69, 9.17) is 16.0 Å². The van der Waals surface area contributed by atoms with Gasteiger partial charge >= 0.3 is 5.35 Å². The highest BCUT2D eigenvalue weighted by molar-refractivity contribution is 6.27. The van der Waals surface area contributed by atoms with Crippen molar-refractivity contribution in [3.8, 4) is 0 Å². The molecule has 4 nitrogen and oxygen atoms in total. The van der Waals surface area contributed by atoms with E-state index in [0.29, 0.717) is 12.5 Å². The quantitative estimate of drug-likeness (QED) is 0.625. The molecule has 0 saturated heterocycles. The van der Waals surface area contributed by atoms with Crippen LogP contribution in [-0.4, -0.2) is 17.3 Å². The Morgan fingerprint density at radius 3 is 2.89 bits per heavy atom. The second-order valence-electron chi connectivity index (χ2n) is 1.38. The fourth-order valence-corrected chi connectivity index (χ4v) is 0.542. The van der Waals surface area contributed by atoms with E-state index in [0.717, 1.165) is 0 Å².